The van der Waals surface area contributed by atoms with E-state index in [2.05, 4.69) is 13.2 Å². The van der Waals surface area contributed by atoms with Crippen LogP contribution in [0, 0.1) is 11.8 Å². The Labute approximate surface area is 92.2 Å². The zero-order valence-corrected chi connectivity index (χ0v) is 9.50. The summed E-state index contributed by atoms with van der Waals surface area (Å²) in [6, 6.07) is 0. The molecule has 0 spiro atoms. The zero-order chi connectivity index (χ0) is 11.1. The van der Waals surface area contributed by atoms with Crippen molar-refractivity contribution in [2.45, 2.75) is 38.2 Å². The Kier molecular flexibility index (Phi) is 2.59. The molecule has 2 bridgehead atoms. The molecule has 0 aromatic rings. The van der Waals surface area contributed by atoms with Gasteiger partial charge >= 0.3 is 0 Å². The number of fused-ring (bicyclic) bond motifs is 3. The Hall–Kier alpha value is -0.820. The predicted molar refractivity (Wildman–Crippen MR) is 63.5 cm³/mol. The highest BCUT2D eigenvalue weighted by Crippen LogP contribution is 2.50. The van der Waals surface area contributed by atoms with E-state index in [-0.39, 0.29) is 5.92 Å². The van der Waals surface area contributed by atoms with Gasteiger partial charge in [0.05, 0.1) is 5.60 Å². The van der Waals surface area contributed by atoms with Crippen molar-refractivity contribution in [3.05, 3.63) is 36.5 Å². The fourth-order valence-corrected chi connectivity index (χ4v) is 3.07. The van der Waals surface area contributed by atoms with Gasteiger partial charge in [-0.05, 0) is 38.5 Å². The molecule has 0 aromatic heterocycles. The first-order valence-electron chi connectivity index (χ1n) is 5.76. The molecule has 3 saturated carbocycles. The molecule has 3 aliphatic carbocycles. The second-order valence-corrected chi connectivity index (χ2v) is 5.23. The van der Waals surface area contributed by atoms with E-state index >= 15 is 0 Å². The molecular weight excluding hydrogens is 184 g/mol. The fourth-order valence-electron chi connectivity index (χ4n) is 3.07. The van der Waals surface area contributed by atoms with E-state index in [4.69, 9.17) is 0 Å². The van der Waals surface area contributed by atoms with Gasteiger partial charge in [0.15, 0.2) is 0 Å². The maximum atomic E-state index is 10.6. The van der Waals surface area contributed by atoms with Crippen LogP contribution in [0.5, 0.6) is 0 Å². The van der Waals surface area contributed by atoms with Crippen molar-refractivity contribution in [3.8, 4) is 0 Å². The van der Waals surface area contributed by atoms with Crippen molar-refractivity contribution in [2.24, 2.45) is 11.8 Å². The van der Waals surface area contributed by atoms with E-state index < -0.39 is 5.60 Å². The molecule has 15 heavy (non-hydrogen) atoms. The lowest BCUT2D eigenvalue weighted by Gasteiger charge is -2.48. The number of rotatable bonds is 2. The molecule has 0 heterocycles. The quantitative estimate of drug-likeness (QED) is 0.541. The monoisotopic (exact) mass is 204 g/mol. The minimum Gasteiger partial charge on any atom is -0.385 e. The van der Waals surface area contributed by atoms with E-state index in [1.807, 2.05) is 19.1 Å². The second-order valence-electron chi connectivity index (χ2n) is 5.23. The van der Waals surface area contributed by atoms with Crippen LogP contribution in [0.1, 0.15) is 32.6 Å². The van der Waals surface area contributed by atoms with Crippen LogP contribution in [0.3, 0.4) is 0 Å². The van der Waals surface area contributed by atoms with Crippen molar-refractivity contribution in [3.63, 3.8) is 0 Å². The molecule has 82 valence electrons. The van der Waals surface area contributed by atoms with Gasteiger partial charge in [-0.15, -0.1) is 0 Å². The molecule has 1 heteroatoms. The Morgan fingerprint density at radius 2 is 2.27 bits per heavy atom. The summed E-state index contributed by atoms with van der Waals surface area (Å²) in [5.74, 6) is 0.917. The molecule has 0 aliphatic heterocycles. The van der Waals surface area contributed by atoms with Crippen molar-refractivity contribution in [1.29, 1.82) is 0 Å². The first-order valence-corrected chi connectivity index (χ1v) is 5.76. The predicted octanol–water partition coefficient (Wildman–Crippen LogP) is 3.23. The van der Waals surface area contributed by atoms with Gasteiger partial charge in [0, 0.05) is 5.92 Å². The lowest BCUT2D eigenvalue weighted by Crippen LogP contribution is -2.47. The van der Waals surface area contributed by atoms with Crippen LogP contribution in [0.15, 0.2) is 36.5 Å². The Morgan fingerprint density at radius 3 is 2.80 bits per heavy atom. The van der Waals surface area contributed by atoms with E-state index in [0.29, 0.717) is 5.92 Å². The number of hydrogen-bond donors (Lipinski definition) is 1. The largest absolute Gasteiger partial charge is 0.385 e. The molecule has 1 nitrogen and oxygen atoms in total. The average Bonchev–Trinajstić information content (AvgIpc) is 2.15. The molecule has 3 aliphatic rings. The molecule has 1 N–H and O–H groups in total. The number of hydrogen-bond acceptors (Lipinski definition) is 1. The van der Waals surface area contributed by atoms with Gasteiger partial charge in [0.25, 0.3) is 0 Å². The highest BCUT2D eigenvalue weighted by atomic mass is 16.3. The van der Waals surface area contributed by atoms with E-state index in [0.717, 1.165) is 24.8 Å². The summed E-state index contributed by atoms with van der Waals surface area (Å²) in [5.41, 5.74) is 1.60. The van der Waals surface area contributed by atoms with Crippen LogP contribution in [0.2, 0.25) is 0 Å². The number of aliphatic hydroxyl groups is 1. The molecule has 3 rings (SSSR count). The smallest absolute Gasteiger partial charge is 0.0898 e. The topological polar surface area (TPSA) is 20.2 Å². The van der Waals surface area contributed by atoms with Gasteiger partial charge in [0.2, 0.25) is 0 Å². The van der Waals surface area contributed by atoms with Gasteiger partial charge in [0.1, 0.15) is 0 Å². The summed E-state index contributed by atoms with van der Waals surface area (Å²) >= 11 is 0. The maximum Gasteiger partial charge on any atom is 0.0898 e. The van der Waals surface area contributed by atoms with Gasteiger partial charge < -0.3 is 5.11 Å². The summed E-state index contributed by atoms with van der Waals surface area (Å²) in [6.45, 7) is 9.89. The summed E-state index contributed by atoms with van der Waals surface area (Å²) in [7, 11) is 0. The zero-order valence-electron chi connectivity index (χ0n) is 9.50. The third-order valence-electron chi connectivity index (χ3n) is 3.78. The van der Waals surface area contributed by atoms with E-state index in [1.165, 1.54) is 12.0 Å². The Balaban J connectivity index is 2.21. The highest BCUT2D eigenvalue weighted by molar-refractivity contribution is 5.26. The molecule has 3 fully saturated rings. The summed E-state index contributed by atoms with van der Waals surface area (Å²) < 4.78 is 0. The molecule has 0 amide bonds. The van der Waals surface area contributed by atoms with Crippen LogP contribution >= 0.6 is 0 Å². The van der Waals surface area contributed by atoms with E-state index in [9.17, 15) is 5.11 Å². The van der Waals surface area contributed by atoms with Gasteiger partial charge in [-0.1, -0.05) is 36.5 Å². The van der Waals surface area contributed by atoms with Crippen LogP contribution in [-0.4, -0.2) is 10.7 Å². The number of allylic oxidation sites excluding steroid dienone is 2. The summed E-state index contributed by atoms with van der Waals surface area (Å²) in [4.78, 5) is 0. The fraction of sp³-hybridized carbons (Fsp3) is 0.571. The van der Waals surface area contributed by atoms with Crippen LogP contribution in [0.4, 0.5) is 0 Å². The maximum absolute atomic E-state index is 10.6. The lowest BCUT2D eigenvalue weighted by molar-refractivity contribution is -0.0320. The Morgan fingerprint density at radius 1 is 1.53 bits per heavy atom. The standard InChI is InChI=1S/C14H20O/c1-10(2)6-7-14(15)9-12-4-5-13(14)11(3)8-12/h6-7,12-13,15H,1,3-5,8-9H2,2H3/b7-6-/t12-,13+,14-/m1/s1. The normalized spacial score (nSPS) is 40.0. The van der Waals surface area contributed by atoms with Crippen LogP contribution in [0.25, 0.3) is 0 Å². The van der Waals surface area contributed by atoms with Gasteiger partial charge in [-0.3, -0.25) is 0 Å². The molecule has 0 aromatic carbocycles. The van der Waals surface area contributed by atoms with Crippen molar-refractivity contribution in [1.82, 2.24) is 0 Å². The first-order chi connectivity index (χ1) is 7.01. The molecule has 0 unspecified atom stereocenters. The SMILES string of the molecule is C=C(C)/C=C\[C@@]1(O)C[C@@H]2CC[C@H]1C(=C)C2. The minimum atomic E-state index is -0.642. The summed E-state index contributed by atoms with van der Waals surface area (Å²) in [5, 5.41) is 10.6. The molecule has 3 atom stereocenters. The van der Waals surface area contributed by atoms with Crippen molar-refractivity contribution >= 4 is 0 Å². The Bertz CT molecular complexity index is 326. The molecular formula is C14H20O. The third kappa shape index (κ3) is 1.93. The molecule has 0 saturated heterocycles. The second kappa shape index (κ2) is 3.64. The van der Waals surface area contributed by atoms with Crippen LogP contribution < -0.4 is 0 Å². The third-order valence-corrected chi connectivity index (χ3v) is 3.78. The molecule has 0 radical (unpaired) electrons. The lowest BCUT2D eigenvalue weighted by atomic mass is 9.60. The van der Waals surface area contributed by atoms with E-state index in [1.54, 1.807) is 0 Å². The minimum absolute atomic E-state index is 0.276. The van der Waals surface area contributed by atoms with Gasteiger partial charge in [-0.25, -0.2) is 0 Å². The van der Waals surface area contributed by atoms with Gasteiger partial charge in [-0.2, -0.15) is 0 Å². The van der Waals surface area contributed by atoms with Crippen LogP contribution in [-0.2, 0) is 0 Å². The van der Waals surface area contributed by atoms with Crippen molar-refractivity contribution < 1.29 is 5.11 Å². The highest BCUT2D eigenvalue weighted by Gasteiger charge is 2.46. The van der Waals surface area contributed by atoms with Crippen molar-refractivity contribution in [2.75, 3.05) is 0 Å². The summed E-state index contributed by atoms with van der Waals surface area (Å²) in [6.07, 6.45) is 8.26. The first kappa shape index (κ1) is 10.7. The average molecular weight is 204 g/mol.